The van der Waals surface area contributed by atoms with Gasteiger partial charge in [0.05, 0.1) is 12.0 Å². The molecule has 0 spiro atoms. The first-order chi connectivity index (χ1) is 10.9. The van der Waals surface area contributed by atoms with E-state index in [0.29, 0.717) is 0 Å². The van der Waals surface area contributed by atoms with Gasteiger partial charge in [0.25, 0.3) is 0 Å². The van der Waals surface area contributed by atoms with Crippen LogP contribution in [0.3, 0.4) is 0 Å². The topological polar surface area (TPSA) is 75.6 Å². The third-order valence-electron chi connectivity index (χ3n) is 2.88. The van der Waals surface area contributed by atoms with Gasteiger partial charge in [-0.1, -0.05) is 18.2 Å². The molecule has 2 N–H and O–H groups in total. The minimum absolute atomic E-state index is 0.0601. The normalized spacial score (nSPS) is 13.2. The van der Waals surface area contributed by atoms with E-state index < -0.39 is 41.9 Å². The summed E-state index contributed by atoms with van der Waals surface area (Å²) < 4.78 is 43.2. The van der Waals surface area contributed by atoms with Gasteiger partial charge in [-0.3, -0.25) is 4.79 Å². The van der Waals surface area contributed by atoms with Gasteiger partial charge in [0, 0.05) is 6.04 Å². The SMILES string of the molecule is CC(C)(C)OC(=O)N[C@H](CC(=O)O)Cc1cccc(C(F)(F)F)c1. The van der Waals surface area contributed by atoms with Crippen LogP contribution in [0.15, 0.2) is 24.3 Å². The van der Waals surface area contributed by atoms with E-state index in [1.165, 1.54) is 12.1 Å². The van der Waals surface area contributed by atoms with Gasteiger partial charge in [-0.25, -0.2) is 4.79 Å². The lowest BCUT2D eigenvalue weighted by Crippen LogP contribution is -2.41. The van der Waals surface area contributed by atoms with Gasteiger partial charge in [-0.05, 0) is 38.8 Å². The highest BCUT2D eigenvalue weighted by Gasteiger charge is 2.30. The van der Waals surface area contributed by atoms with Crippen molar-refractivity contribution >= 4 is 12.1 Å². The maximum absolute atomic E-state index is 12.7. The summed E-state index contributed by atoms with van der Waals surface area (Å²) >= 11 is 0. The molecular formula is C16H20F3NO4. The molecule has 0 unspecified atom stereocenters. The van der Waals surface area contributed by atoms with E-state index in [1.807, 2.05) is 0 Å². The minimum atomic E-state index is -4.49. The number of hydrogen-bond donors (Lipinski definition) is 2. The first-order valence-electron chi connectivity index (χ1n) is 7.24. The number of alkyl carbamates (subject to hydrolysis) is 1. The summed E-state index contributed by atoms with van der Waals surface area (Å²) in [5.41, 5.74) is -1.33. The first-order valence-corrected chi connectivity index (χ1v) is 7.24. The predicted octanol–water partition coefficient (Wildman–Crippen LogP) is 3.62. The number of nitrogens with one attached hydrogen (secondary N) is 1. The Kier molecular flexibility index (Phi) is 6.22. The number of amides is 1. The lowest BCUT2D eigenvalue weighted by atomic mass is 10.0. The quantitative estimate of drug-likeness (QED) is 0.853. The Hall–Kier alpha value is -2.25. The molecule has 0 aliphatic carbocycles. The summed E-state index contributed by atoms with van der Waals surface area (Å²) in [5, 5.41) is 11.3. The van der Waals surface area contributed by atoms with Gasteiger partial charge in [0.2, 0.25) is 0 Å². The third-order valence-corrected chi connectivity index (χ3v) is 2.88. The van der Waals surface area contributed by atoms with Crippen LogP contribution in [-0.2, 0) is 22.1 Å². The molecule has 0 heterocycles. The smallest absolute Gasteiger partial charge is 0.416 e. The number of carboxylic acids is 1. The number of hydrogen-bond acceptors (Lipinski definition) is 3. The average Bonchev–Trinajstić information content (AvgIpc) is 2.34. The minimum Gasteiger partial charge on any atom is -0.481 e. The van der Waals surface area contributed by atoms with E-state index in [-0.39, 0.29) is 12.0 Å². The molecule has 0 saturated heterocycles. The number of halogens is 3. The standard InChI is InChI=1S/C16H20F3NO4/c1-15(2,3)24-14(23)20-12(9-13(21)22)8-10-5-4-6-11(7-10)16(17,18)19/h4-7,12H,8-9H2,1-3H3,(H,20,23)(H,21,22)/t12-/m0/s1. The van der Waals surface area contributed by atoms with Crippen LogP contribution in [-0.4, -0.2) is 28.8 Å². The van der Waals surface area contributed by atoms with E-state index in [9.17, 15) is 22.8 Å². The maximum atomic E-state index is 12.7. The lowest BCUT2D eigenvalue weighted by Gasteiger charge is -2.23. The van der Waals surface area contributed by atoms with Gasteiger partial charge in [-0.15, -0.1) is 0 Å². The molecular weight excluding hydrogens is 327 g/mol. The van der Waals surface area contributed by atoms with Gasteiger partial charge < -0.3 is 15.2 Å². The molecule has 1 atom stereocenters. The zero-order valence-electron chi connectivity index (χ0n) is 13.6. The summed E-state index contributed by atoms with van der Waals surface area (Å²) in [7, 11) is 0. The Morgan fingerprint density at radius 1 is 1.25 bits per heavy atom. The van der Waals surface area contributed by atoms with Crippen molar-refractivity contribution in [3.8, 4) is 0 Å². The molecule has 0 aliphatic heterocycles. The second kappa shape index (κ2) is 7.55. The second-order valence-electron chi connectivity index (χ2n) is 6.34. The highest BCUT2D eigenvalue weighted by Crippen LogP contribution is 2.29. The molecule has 5 nitrogen and oxygen atoms in total. The fraction of sp³-hybridized carbons (Fsp3) is 0.500. The number of carbonyl (C=O) groups is 2. The predicted molar refractivity (Wildman–Crippen MR) is 80.6 cm³/mol. The largest absolute Gasteiger partial charge is 0.481 e. The molecule has 0 aromatic heterocycles. The van der Waals surface area contributed by atoms with Crippen LogP contribution >= 0.6 is 0 Å². The van der Waals surface area contributed by atoms with Gasteiger partial charge in [0.1, 0.15) is 5.60 Å². The number of alkyl halides is 3. The number of benzene rings is 1. The fourth-order valence-corrected chi connectivity index (χ4v) is 2.02. The summed E-state index contributed by atoms with van der Waals surface area (Å²) in [6.45, 7) is 4.93. The number of ether oxygens (including phenoxy) is 1. The van der Waals surface area contributed by atoms with E-state index in [4.69, 9.17) is 9.84 Å². The van der Waals surface area contributed by atoms with Crippen molar-refractivity contribution in [2.75, 3.05) is 0 Å². The van der Waals surface area contributed by atoms with Crippen LogP contribution in [0, 0.1) is 0 Å². The lowest BCUT2D eigenvalue weighted by molar-refractivity contribution is -0.138. The zero-order valence-corrected chi connectivity index (χ0v) is 13.6. The van der Waals surface area contributed by atoms with Crippen LogP contribution in [0.25, 0.3) is 0 Å². The average molecular weight is 347 g/mol. The highest BCUT2D eigenvalue weighted by atomic mass is 19.4. The van der Waals surface area contributed by atoms with Gasteiger partial charge in [-0.2, -0.15) is 13.2 Å². The Morgan fingerprint density at radius 3 is 2.38 bits per heavy atom. The van der Waals surface area contributed by atoms with Crippen molar-refractivity contribution in [2.45, 2.75) is 51.4 Å². The zero-order chi connectivity index (χ0) is 18.5. The number of rotatable bonds is 5. The van der Waals surface area contributed by atoms with Crippen molar-refractivity contribution < 1.29 is 32.6 Å². The van der Waals surface area contributed by atoms with Crippen LogP contribution in [0.2, 0.25) is 0 Å². The highest BCUT2D eigenvalue weighted by molar-refractivity contribution is 5.71. The first kappa shape index (κ1) is 19.8. The monoisotopic (exact) mass is 347 g/mol. The third kappa shape index (κ3) is 7.34. The maximum Gasteiger partial charge on any atom is 0.416 e. The fourth-order valence-electron chi connectivity index (χ4n) is 2.02. The van der Waals surface area contributed by atoms with Crippen molar-refractivity contribution in [1.29, 1.82) is 0 Å². The Labute approximate surface area is 137 Å². The molecule has 1 aromatic carbocycles. The molecule has 0 radical (unpaired) electrons. The Balaban J connectivity index is 2.87. The van der Waals surface area contributed by atoms with Crippen LogP contribution in [0.1, 0.15) is 38.3 Å². The van der Waals surface area contributed by atoms with Gasteiger partial charge >= 0.3 is 18.2 Å². The Morgan fingerprint density at radius 2 is 1.88 bits per heavy atom. The van der Waals surface area contributed by atoms with E-state index in [2.05, 4.69) is 5.32 Å². The van der Waals surface area contributed by atoms with E-state index in [1.54, 1.807) is 20.8 Å². The molecule has 0 bridgehead atoms. The van der Waals surface area contributed by atoms with Crippen molar-refractivity contribution in [3.63, 3.8) is 0 Å². The van der Waals surface area contributed by atoms with E-state index in [0.717, 1.165) is 12.1 Å². The molecule has 1 aromatic rings. The second-order valence-corrected chi connectivity index (χ2v) is 6.34. The summed E-state index contributed by atoms with van der Waals surface area (Å²) in [6.07, 6.45) is -5.80. The van der Waals surface area contributed by atoms with Crippen LogP contribution in [0.4, 0.5) is 18.0 Å². The molecule has 1 amide bonds. The van der Waals surface area contributed by atoms with Crippen LogP contribution in [0.5, 0.6) is 0 Å². The summed E-state index contributed by atoms with van der Waals surface area (Å²) in [4.78, 5) is 22.7. The molecule has 24 heavy (non-hydrogen) atoms. The summed E-state index contributed by atoms with van der Waals surface area (Å²) in [5.74, 6) is -1.18. The van der Waals surface area contributed by atoms with Crippen molar-refractivity contribution in [3.05, 3.63) is 35.4 Å². The van der Waals surface area contributed by atoms with Gasteiger partial charge in [0.15, 0.2) is 0 Å². The molecule has 134 valence electrons. The van der Waals surface area contributed by atoms with Crippen molar-refractivity contribution in [1.82, 2.24) is 5.32 Å². The number of carboxylic acid groups (broad SMARTS) is 1. The molecule has 1 rings (SSSR count). The van der Waals surface area contributed by atoms with E-state index >= 15 is 0 Å². The molecule has 0 saturated carbocycles. The molecule has 0 aliphatic rings. The Bertz CT molecular complexity index is 594. The number of carbonyl (C=O) groups excluding carboxylic acids is 1. The summed E-state index contributed by atoms with van der Waals surface area (Å²) in [6, 6.07) is 3.66. The molecule has 0 fully saturated rings. The molecule has 8 heteroatoms. The van der Waals surface area contributed by atoms with Crippen LogP contribution < -0.4 is 5.32 Å². The van der Waals surface area contributed by atoms with Crippen molar-refractivity contribution in [2.24, 2.45) is 0 Å². The number of aliphatic carboxylic acids is 1.